The summed E-state index contributed by atoms with van der Waals surface area (Å²) in [5.74, 6) is 0. The van der Waals surface area contributed by atoms with Gasteiger partial charge in [-0.3, -0.25) is 10.4 Å². The van der Waals surface area contributed by atoms with Gasteiger partial charge in [-0.25, -0.2) is 0 Å². The van der Waals surface area contributed by atoms with E-state index in [4.69, 9.17) is 12.2 Å². The molecule has 108 valence electrons. The highest BCUT2D eigenvalue weighted by Gasteiger charge is 2.14. The number of rotatable bonds is 2. The minimum absolute atomic E-state index is 0.701. The van der Waals surface area contributed by atoms with E-state index in [1.165, 1.54) is 18.2 Å². The summed E-state index contributed by atoms with van der Waals surface area (Å²) in [7, 11) is 0. The lowest BCUT2D eigenvalue weighted by molar-refractivity contribution is 0.509. The van der Waals surface area contributed by atoms with Gasteiger partial charge in [-0.2, -0.15) is 5.10 Å². The highest BCUT2D eigenvalue weighted by Crippen LogP contribution is 2.16. The summed E-state index contributed by atoms with van der Waals surface area (Å²) >= 11 is 5.37. The third-order valence-electron chi connectivity index (χ3n) is 3.73. The van der Waals surface area contributed by atoms with Crippen LogP contribution in [0.1, 0.15) is 25.5 Å². The number of aromatic nitrogens is 1. The molecule has 4 nitrogen and oxygen atoms in total. The molecular formula is C16H18N4S. The molecule has 0 saturated carbocycles. The molecule has 1 aromatic heterocycles. The Morgan fingerprint density at radius 2 is 2.00 bits per heavy atom. The number of thiocarbonyl (C=S) groups is 1. The summed E-state index contributed by atoms with van der Waals surface area (Å²) < 4.78 is 0. The van der Waals surface area contributed by atoms with Gasteiger partial charge < -0.3 is 4.90 Å². The van der Waals surface area contributed by atoms with Crippen molar-refractivity contribution in [2.75, 3.05) is 13.1 Å². The zero-order valence-corrected chi connectivity index (χ0v) is 12.9. The molecule has 1 aliphatic heterocycles. The van der Waals surface area contributed by atoms with Crippen molar-refractivity contribution in [1.29, 1.82) is 0 Å². The van der Waals surface area contributed by atoms with Crippen molar-refractivity contribution in [1.82, 2.24) is 15.3 Å². The van der Waals surface area contributed by atoms with Gasteiger partial charge in [0, 0.05) is 24.7 Å². The fourth-order valence-electron chi connectivity index (χ4n) is 2.58. The number of nitrogens with one attached hydrogen (secondary N) is 1. The first kappa shape index (κ1) is 13.9. The predicted octanol–water partition coefficient (Wildman–Crippen LogP) is 2.93. The highest BCUT2D eigenvalue weighted by atomic mass is 32.1. The Morgan fingerprint density at radius 1 is 1.24 bits per heavy atom. The van der Waals surface area contributed by atoms with Gasteiger partial charge in [0.1, 0.15) is 0 Å². The molecule has 0 spiro atoms. The maximum absolute atomic E-state index is 5.37. The molecule has 1 aliphatic rings. The van der Waals surface area contributed by atoms with E-state index in [1.807, 2.05) is 31.3 Å². The molecule has 21 heavy (non-hydrogen) atoms. The van der Waals surface area contributed by atoms with E-state index in [0.29, 0.717) is 5.11 Å². The largest absolute Gasteiger partial charge is 0.348 e. The molecule has 1 N–H and O–H groups in total. The number of nitrogens with zero attached hydrogens (tertiary/aromatic N) is 3. The van der Waals surface area contributed by atoms with Crippen LogP contribution < -0.4 is 5.43 Å². The lowest BCUT2D eigenvalue weighted by Crippen LogP contribution is -2.35. The predicted molar refractivity (Wildman–Crippen MR) is 90.5 cm³/mol. The first-order chi connectivity index (χ1) is 10.3. The van der Waals surface area contributed by atoms with Crippen molar-refractivity contribution >= 4 is 33.8 Å². The molecule has 0 bridgehead atoms. The van der Waals surface area contributed by atoms with Crippen molar-refractivity contribution in [2.45, 2.75) is 19.8 Å². The Hall–Kier alpha value is -2.01. The molecule has 3 rings (SSSR count). The van der Waals surface area contributed by atoms with E-state index in [-0.39, 0.29) is 0 Å². The van der Waals surface area contributed by atoms with Gasteiger partial charge in [-0.15, -0.1) is 0 Å². The van der Waals surface area contributed by atoms with E-state index in [2.05, 4.69) is 32.5 Å². The lowest BCUT2D eigenvalue weighted by Gasteiger charge is -2.17. The molecule has 5 heteroatoms. The normalized spacial score (nSPS) is 15.5. The topological polar surface area (TPSA) is 40.5 Å². The Bertz CT molecular complexity index is 684. The van der Waals surface area contributed by atoms with E-state index < -0.39 is 0 Å². The van der Waals surface area contributed by atoms with Crippen LogP contribution in [0.5, 0.6) is 0 Å². The molecule has 0 aliphatic carbocycles. The van der Waals surface area contributed by atoms with Crippen LogP contribution in [0.4, 0.5) is 0 Å². The fraction of sp³-hybridized carbons (Fsp3) is 0.312. The minimum Gasteiger partial charge on any atom is -0.348 e. The van der Waals surface area contributed by atoms with E-state index >= 15 is 0 Å². The summed E-state index contributed by atoms with van der Waals surface area (Å²) in [6.07, 6.45) is 4.22. The molecule has 0 atom stereocenters. The summed E-state index contributed by atoms with van der Waals surface area (Å²) in [4.78, 5) is 6.61. The third-order valence-corrected chi connectivity index (χ3v) is 4.08. The summed E-state index contributed by atoms with van der Waals surface area (Å²) in [6.45, 7) is 3.99. The van der Waals surface area contributed by atoms with Gasteiger partial charge in [0.15, 0.2) is 5.11 Å². The van der Waals surface area contributed by atoms with Gasteiger partial charge in [0.2, 0.25) is 0 Å². The van der Waals surface area contributed by atoms with Gasteiger partial charge >= 0.3 is 0 Å². The molecule has 2 aromatic rings. The molecular weight excluding hydrogens is 280 g/mol. The lowest BCUT2D eigenvalue weighted by atomic mass is 10.1. The fourth-order valence-corrected chi connectivity index (χ4v) is 2.81. The van der Waals surface area contributed by atoms with Gasteiger partial charge in [0.05, 0.1) is 11.4 Å². The van der Waals surface area contributed by atoms with Crippen LogP contribution >= 0.6 is 12.2 Å². The molecule has 1 aromatic carbocycles. The van der Waals surface area contributed by atoms with Gasteiger partial charge in [-0.05, 0) is 43.4 Å². The Labute approximate surface area is 129 Å². The number of hydrazone groups is 1. The van der Waals surface area contributed by atoms with Crippen LogP contribution in [0.2, 0.25) is 0 Å². The summed E-state index contributed by atoms with van der Waals surface area (Å²) in [6, 6.07) is 10.2. The summed E-state index contributed by atoms with van der Waals surface area (Å²) in [5.41, 5.74) is 4.73. The van der Waals surface area contributed by atoms with E-state index in [1.54, 1.807) is 0 Å². The first-order valence-electron chi connectivity index (χ1n) is 7.19. The molecule has 0 amide bonds. The number of fused-ring (bicyclic) bond motifs is 1. The number of benzene rings is 1. The molecule has 0 radical (unpaired) electrons. The monoisotopic (exact) mass is 298 g/mol. The first-order valence-corrected chi connectivity index (χ1v) is 7.60. The maximum Gasteiger partial charge on any atom is 0.189 e. The van der Waals surface area contributed by atoms with Crippen molar-refractivity contribution in [3.8, 4) is 0 Å². The van der Waals surface area contributed by atoms with Crippen LogP contribution in [-0.4, -0.2) is 33.8 Å². The van der Waals surface area contributed by atoms with Crippen molar-refractivity contribution < 1.29 is 0 Å². The summed E-state index contributed by atoms with van der Waals surface area (Å²) in [5, 5.41) is 7.38. The second-order valence-electron chi connectivity index (χ2n) is 5.19. The van der Waals surface area contributed by atoms with Crippen LogP contribution in [0.15, 0.2) is 41.6 Å². The molecule has 1 saturated heterocycles. The maximum atomic E-state index is 5.37. The van der Waals surface area contributed by atoms with Crippen LogP contribution in [-0.2, 0) is 0 Å². The third kappa shape index (κ3) is 3.03. The minimum atomic E-state index is 0.701. The average molecular weight is 298 g/mol. The van der Waals surface area contributed by atoms with E-state index in [9.17, 15) is 0 Å². The number of hydrogen-bond donors (Lipinski definition) is 1. The molecule has 1 fully saturated rings. The number of likely N-dealkylation sites (tertiary alicyclic amines) is 1. The van der Waals surface area contributed by atoms with E-state index in [0.717, 1.165) is 29.9 Å². The van der Waals surface area contributed by atoms with Crippen molar-refractivity contribution in [2.24, 2.45) is 5.10 Å². The van der Waals surface area contributed by atoms with Crippen LogP contribution in [0.25, 0.3) is 10.8 Å². The quantitative estimate of drug-likeness (QED) is 0.526. The highest BCUT2D eigenvalue weighted by molar-refractivity contribution is 7.80. The SMILES string of the molecule is C/C(=N\NC(=S)N1CCCC1)c1nccc2ccccc12. The second-order valence-corrected chi connectivity index (χ2v) is 5.58. The Balaban J connectivity index is 1.81. The second kappa shape index (κ2) is 6.18. The zero-order valence-electron chi connectivity index (χ0n) is 12.0. The van der Waals surface area contributed by atoms with Gasteiger partial charge in [-0.1, -0.05) is 24.3 Å². The van der Waals surface area contributed by atoms with Crippen LogP contribution in [0.3, 0.4) is 0 Å². The number of hydrogen-bond acceptors (Lipinski definition) is 3. The smallest absolute Gasteiger partial charge is 0.189 e. The molecule has 0 unspecified atom stereocenters. The zero-order chi connectivity index (χ0) is 14.7. The average Bonchev–Trinajstić information content (AvgIpc) is 3.06. The van der Waals surface area contributed by atoms with Crippen LogP contribution in [0, 0.1) is 0 Å². The van der Waals surface area contributed by atoms with Gasteiger partial charge in [0.25, 0.3) is 0 Å². The van der Waals surface area contributed by atoms with Crippen molar-refractivity contribution in [3.63, 3.8) is 0 Å². The van der Waals surface area contributed by atoms with Crippen molar-refractivity contribution in [3.05, 3.63) is 42.2 Å². The molecule has 2 heterocycles. The Morgan fingerprint density at radius 3 is 2.81 bits per heavy atom. The number of pyridine rings is 1. The Kier molecular flexibility index (Phi) is 4.10. The standard InChI is InChI=1S/C16H18N4S/c1-12(18-19-16(21)20-10-4-5-11-20)15-14-7-3-2-6-13(14)8-9-17-15/h2-3,6-9H,4-5,10-11H2,1H3,(H,19,21)/b18-12+.